The zero-order valence-corrected chi connectivity index (χ0v) is 12.5. The second-order valence-corrected chi connectivity index (χ2v) is 6.71. The molecule has 21 heavy (non-hydrogen) atoms. The number of benzene rings is 1. The molecule has 0 fully saturated rings. The molecule has 0 unspecified atom stereocenters. The van der Waals surface area contributed by atoms with E-state index in [-0.39, 0.29) is 11.6 Å². The Morgan fingerprint density at radius 1 is 1.14 bits per heavy atom. The molecule has 1 aromatic heterocycles. The van der Waals surface area contributed by atoms with E-state index in [9.17, 15) is 8.42 Å². The van der Waals surface area contributed by atoms with E-state index in [2.05, 4.69) is 0 Å². The topological polar surface area (TPSA) is 79.8 Å². The number of furan rings is 1. The third-order valence-electron chi connectivity index (χ3n) is 3.58. The van der Waals surface area contributed by atoms with Gasteiger partial charge in [-0.15, -0.1) is 0 Å². The van der Waals surface area contributed by atoms with Crippen molar-refractivity contribution in [3.05, 3.63) is 42.2 Å². The van der Waals surface area contributed by atoms with Gasteiger partial charge < -0.3 is 15.1 Å². The largest absolute Gasteiger partial charge is 0.446 e. The molecule has 1 aliphatic rings. The minimum absolute atomic E-state index is 0.0673. The minimum atomic E-state index is -3.70. The predicted molar refractivity (Wildman–Crippen MR) is 80.8 cm³/mol. The first kappa shape index (κ1) is 14.0. The van der Waals surface area contributed by atoms with Crippen LogP contribution in [0.2, 0.25) is 0 Å². The van der Waals surface area contributed by atoms with Gasteiger partial charge in [0.1, 0.15) is 5.76 Å². The van der Waals surface area contributed by atoms with Crippen LogP contribution in [0.15, 0.2) is 45.9 Å². The molecule has 0 amide bonds. The first-order chi connectivity index (χ1) is 10.0. The van der Waals surface area contributed by atoms with Gasteiger partial charge in [0.2, 0.25) is 5.09 Å². The highest BCUT2D eigenvalue weighted by atomic mass is 32.2. The number of sulfonamides is 1. The number of hydrogen-bond donors (Lipinski definition) is 1. The lowest BCUT2D eigenvalue weighted by molar-refractivity contribution is 0.415. The van der Waals surface area contributed by atoms with Crippen LogP contribution in [0.25, 0.3) is 0 Å². The number of rotatable bonds is 3. The van der Waals surface area contributed by atoms with Crippen LogP contribution in [0.5, 0.6) is 0 Å². The quantitative estimate of drug-likeness (QED) is 0.926. The van der Waals surface area contributed by atoms with Gasteiger partial charge in [0, 0.05) is 13.6 Å². The number of nitrogens with zero attached hydrogens (tertiary/aromatic N) is 2. The van der Waals surface area contributed by atoms with Crippen LogP contribution >= 0.6 is 0 Å². The van der Waals surface area contributed by atoms with E-state index in [4.69, 9.17) is 10.2 Å². The summed E-state index contributed by atoms with van der Waals surface area (Å²) < 4.78 is 32.2. The SMILES string of the molecule is CN1CCN(S(=O)(=O)c2ccc(CN)o2)c2ccccc21. The molecule has 0 saturated carbocycles. The first-order valence-corrected chi connectivity index (χ1v) is 8.10. The summed E-state index contributed by atoms with van der Waals surface area (Å²) in [5.41, 5.74) is 7.02. The van der Waals surface area contributed by atoms with Gasteiger partial charge in [0.05, 0.1) is 24.5 Å². The second-order valence-electron chi connectivity index (χ2n) is 4.91. The molecule has 2 heterocycles. The zero-order chi connectivity index (χ0) is 15.0. The molecular weight excluding hydrogens is 290 g/mol. The lowest BCUT2D eigenvalue weighted by Gasteiger charge is -2.35. The number of para-hydroxylation sites is 2. The van der Waals surface area contributed by atoms with Crippen LogP contribution in [0.4, 0.5) is 11.4 Å². The van der Waals surface area contributed by atoms with Crippen LogP contribution in [-0.4, -0.2) is 28.6 Å². The standard InChI is InChI=1S/C14H17N3O3S/c1-16-8-9-17(13-5-3-2-4-12(13)16)21(18,19)14-7-6-11(10-15)20-14/h2-7H,8-10,15H2,1H3. The molecular formula is C14H17N3O3S. The second kappa shape index (κ2) is 5.09. The van der Waals surface area contributed by atoms with Gasteiger partial charge in [0.25, 0.3) is 10.0 Å². The van der Waals surface area contributed by atoms with Crippen molar-refractivity contribution in [2.45, 2.75) is 11.6 Å². The highest BCUT2D eigenvalue weighted by Gasteiger charge is 2.32. The molecule has 6 nitrogen and oxygen atoms in total. The van der Waals surface area contributed by atoms with Crippen molar-refractivity contribution in [1.29, 1.82) is 0 Å². The molecule has 1 aromatic carbocycles. The predicted octanol–water partition coefficient (Wildman–Crippen LogP) is 1.38. The molecule has 0 aliphatic carbocycles. The van der Waals surface area contributed by atoms with Crippen molar-refractivity contribution in [3.8, 4) is 0 Å². The van der Waals surface area contributed by atoms with Crippen LogP contribution in [0, 0.1) is 0 Å². The van der Waals surface area contributed by atoms with Crippen LogP contribution in [0.3, 0.4) is 0 Å². The Hall–Kier alpha value is -1.99. The van der Waals surface area contributed by atoms with E-state index >= 15 is 0 Å². The number of likely N-dealkylation sites (N-methyl/N-ethyl adjacent to an activating group) is 1. The summed E-state index contributed by atoms with van der Waals surface area (Å²) in [4.78, 5) is 2.04. The fraction of sp³-hybridized carbons (Fsp3) is 0.286. The number of hydrogen-bond acceptors (Lipinski definition) is 5. The maximum atomic E-state index is 12.8. The van der Waals surface area contributed by atoms with Gasteiger partial charge in [-0.2, -0.15) is 8.42 Å². The first-order valence-electron chi connectivity index (χ1n) is 6.65. The summed E-state index contributed by atoms with van der Waals surface area (Å²) in [6.45, 7) is 1.18. The highest BCUT2D eigenvalue weighted by Crippen LogP contribution is 2.35. The fourth-order valence-electron chi connectivity index (χ4n) is 2.44. The fourth-order valence-corrected chi connectivity index (χ4v) is 3.85. The summed E-state index contributed by atoms with van der Waals surface area (Å²) in [6.07, 6.45) is 0. The van der Waals surface area contributed by atoms with Gasteiger partial charge in [0.15, 0.2) is 0 Å². The number of anilines is 2. The van der Waals surface area contributed by atoms with Crippen molar-refractivity contribution in [2.75, 3.05) is 29.3 Å². The van der Waals surface area contributed by atoms with Gasteiger partial charge in [-0.25, -0.2) is 0 Å². The van der Waals surface area contributed by atoms with Crippen molar-refractivity contribution in [3.63, 3.8) is 0 Å². The summed E-state index contributed by atoms with van der Waals surface area (Å²) >= 11 is 0. The molecule has 2 aromatic rings. The monoisotopic (exact) mass is 307 g/mol. The maximum absolute atomic E-state index is 12.8. The Morgan fingerprint density at radius 3 is 2.52 bits per heavy atom. The van der Waals surface area contributed by atoms with E-state index in [0.717, 1.165) is 5.69 Å². The van der Waals surface area contributed by atoms with Crippen molar-refractivity contribution in [1.82, 2.24) is 0 Å². The van der Waals surface area contributed by atoms with Gasteiger partial charge >= 0.3 is 0 Å². The molecule has 7 heteroatoms. The highest BCUT2D eigenvalue weighted by molar-refractivity contribution is 7.92. The summed E-state index contributed by atoms with van der Waals surface area (Å²) in [7, 11) is -1.76. The summed E-state index contributed by atoms with van der Waals surface area (Å²) in [5.74, 6) is 0.455. The van der Waals surface area contributed by atoms with Crippen molar-refractivity contribution in [2.24, 2.45) is 5.73 Å². The Bertz CT molecular complexity index is 754. The van der Waals surface area contributed by atoms with Crippen LogP contribution in [-0.2, 0) is 16.6 Å². The van der Waals surface area contributed by atoms with Crippen LogP contribution in [0.1, 0.15) is 5.76 Å². The molecule has 0 saturated heterocycles. The number of fused-ring (bicyclic) bond motifs is 1. The van der Waals surface area contributed by atoms with Gasteiger partial charge in [-0.3, -0.25) is 4.31 Å². The molecule has 2 N–H and O–H groups in total. The molecule has 3 rings (SSSR count). The average molecular weight is 307 g/mol. The van der Waals surface area contributed by atoms with Gasteiger partial charge in [-0.1, -0.05) is 12.1 Å². The Kier molecular flexibility index (Phi) is 3.38. The normalized spacial score (nSPS) is 15.1. The molecule has 0 spiro atoms. The average Bonchev–Trinajstić information content (AvgIpc) is 2.97. The third-order valence-corrected chi connectivity index (χ3v) is 5.27. The molecule has 0 atom stereocenters. The molecule has 0 radical (unpaired) electrons. The van der Waals surface area contributed by atoms with Crippen LogP contribution < -0.4 is 14.9 Å². The lowest BCUT2D eigenvalue weighted by atomic mass is 10.2. The van der Waals surface area contributed by atoms with Crippen molar-refractivity contribution >= 4 is 21.4 Å². The third kappa shape index (κ3) is 2.28. The molecule has 0 bridgehead atoms. The Morgan fingerprint density at radius 2 is 1.86 bits per heavy atom. The molecule has 1 aliphatic heterocycles. The lowest BCUT2D eigenvalue weighted by Crippen LogP contribution is -2.42. The summed E-state index contributed by atoms with van der Waals surface area (Å²) in [6, 6.07) is 10.5. The summed E-state index contributed by atoms with van der Waals surface area (Å²) in [5, 5.41) is -0.0673. The maximum Gasteiger partial charge on any atom is 0.297 e. The van der Waals surface area contributed by atoms with Crippen molar-refractivity contribution < 1.29 is 12.8 Å². The van der Waals surface area contributed by atoms with E-state index < -0.39 is 10.0 Å². The smallest absolute Gasteiger partial charge is 0.297 e. The Balaban J connectivity index is 2.06. The Labute approximate surface area is 123 Å². The van der Waals surface area contributed by atoms with E-state index in [0.29, 0.717) is 24.5 Å². The van der Waals surface area contributed by atoms with E-state index in [1.165, 1.54) is 10.4 Å². The van der Waals surface area contributed by atoms with Gasteiger partial charge in [-0.05, 0) is 24.3 Å². The zero-order valence-electron chi connectivity index (χ0n) is 11.7. The number of nitrogens with two attached hydrogens (primary N) is 1. The molecule has 112 valence electrons. The van der Waals surface area contributed by atoms with E-state index in [1.807, 2.05) is 30.1 Å². The minimum Gasteiger partial charge on any atom is -0.446 e. The van der Waals surface area contributed by atoms with E-state index in [1.54, 1.807) is 12.1 Å².